The molecule has 1 unspecified atom stereocenters. The normalized spacial score (nSPS) is 18.0. The second kappa shape index (κ2) is 5.08. The highest BCUT2D eigenvalue weighted by Gasteiger charge is 2.23. The van der Waals surface area contributed by atoms with Crippen LogP contribution < -0.4 is 15.2 Å². The first-order valence-electron chi connectivity index (χ1n) is 7.57. The molecule has 4 rings (SSSR count). The van der Waals surface area contributed by atoms with Gasteiger partial charge in [-0.1, -0.05) is 24.3 Å². The molecule has 3 nitrogen and oxygen atoms in total. The Labute approximate surface area is 124 Å². The third-order valence-corrected chi connectivity index (χ3v) is 4.14. The third-order valence-electron chi connectivity index (χ3n) is 4.14. The molecule has 2 aromatic carbocycles. The highest BCUT2D eigenvalue weighted by molar-refractivity contribution is 5.43. The Bertz CT molecular complexity index is 647. The minimum absolute atomic E-state index is 0.106. The van der Waals surface area contributed by atoms with Crippen molar-refractivity contribution >= 4 is 0 Å². The topological polar surface area (TPSA) is 44.5 Å². The first-order chi connectivity index (χ1) is 10.3. The maximum atomic E-state index is 6.39. The van der Waals surface area contributed by atoms with E-state index >= 15 is 0 Å². The fourth-order valence-electron chi connectivity index (χ4n) is 2.72. The summed E-state index contributed by atoms with van der Waals surface area (Å²) in [5.74, 6) is 1.94. The van der Waals surface area contributed by atoms with E-state index in [1.807, 2.05) is 18.2 Å². The van der Waals surface area contributed by atoms with Crippen molar-refractivity contribution in [3.8, 4) is 11.5 Å². The monoisotopic (exact) mass is 281 g/mol. The van der Waals surface area contributed by atoms with E-state index in [-0.39, 0.29) is 6.04 Å². The summed E-state index contributed by atoms with van der Waals surface area (Å²) in [6, 6.07) is 14.3. The van der Waals surface area contributed by atoms with Crippen molar-refractivity contribution in [1.82, 2.24) is 0 Å². The first kappa shape index (κ1) is 12.7. The Morgan fingerprint density at radius 2 is 1.81 bits per heavy atom. The summed E-state index contributed by atoms with van der Waals surface area (Å²) in [5.41, 5.74) is 9.90. The van der Waals surface area contributed by atoms with Crippen LogP contribution in [-0.4, -0.2) is 12.7 Å². The Morgan fingerprint density at radius 3 is 2.57 bits per heavy atom. The van der Waals surface area contributed by atoms with E-state index < -0.39 is 0 Å². The van der Waals surface area contributed by atoms with Crippen LogP contribution in [0.1, 0.15) is 35.6 Å². The average molecular weight is 281 g/mol. The van der Waals surface area contributed by atoms with Crippen molar-refractivity contribution in [3.63, 3.8) is 0 Å². The number of rotatable bonds is 4. The molecule has 21 heavy (non-hydrogen) atoms. The van der Waals surface area contributed by atoms with Crippen LogP contribution in [0.2, 0.25) is 0 Å². The molecule has 1 aliphatic heterocycles. The average Bonchev–Trinajstić information content (AvgIpc) is 3.21. The lowest BCUT2D eigenvalue weighted by Crippen LogP contribution is -2.12. The Balaban J connectivity index is 1.54. The zero-order valence-corrected chi connectivity index (χ0v) is 11.9. The van der Waals surface area contributed by atoms with Crippen LogP contribution in [0.3, 0.4) is 0 Å². The van der Waals surface area contributed by atoms with E-state index in [4.69, 9.17) is 15.2 Å². The highest BCUT2D eigenvalue weighted by Crippen LogP contribution is 2.31. The second-order valence-electron chi connectivity index (χ2n) is 5.83. The maximum Gasteiger partial charge on any atom is 0.122 e. The Hall–Kier alpha value is -2.00. The van der Waals surface area contributed by atoms with Crippen LogP contribution >= 0.6 is 0 Å². The largest absolute Gasteiger partial charge is 0.493 e. The molecular weight excluding hydrogens is 262 g/mol. The molecule has 0 saturated heterocycles. The van der Waals surface area contributed by atoms with Crippen LogP contribution in [-0.2, 0) is 6.42 Å². The van der Waals surface area contributed by atoms with Gasteiger partial charge in [0, 0.05) is 6.42 Å². The number of nitrogens with two attached hydrogens (primary N) is 1. The summed E-state index contributed by atoms with van der Waals surface area (Å²) >= 11 is 0. The molecule has 1 fully saturated rings. The van der Waals surface area contributed by atoms with Gasteiger partial charge < -0.3 is 15.2 Å². The number of ether oxygens (including phenoxy) is 2. The molecular formula is C18H19NO2. The Kier molecular flexibility index (Phi) is 3.08. The van der Waals surface area contributed by atoms with E-state index in [1.165, 1.54) is 18.4 Å². The van der Waals surface area contributed by atoms with E-state index in [0.717, 1.165) is 35.7 Å². The number of hydrogen-bond donors (Lipinski definition) is 1. The van der Waals surface area contributed by atoms with Crippen molar-refractivity contribution < 1.29 is 9.47 Å². The molecule has 3 heteroatoms. The molecule has 2 N–H and O–H groups in total. The van der Waals surface area contributed by atoms with Gasteiger partial charge in [-0.05, 0) is 47.7 Å². The van der Waals surface area contributed by atoms with Gasteiger partial charge in [-0.15, -0.1) is 0 Å². The SMILES string of the molecule is NC(c1ccc(OC2CC2)cc1)c1ccc2c(c1)CCO2. The van der Waals surface area contributed by atoms with Gasteiger partial charge >= 0.3 is 0 Å². The second-order valence-corrected chi connectivity index (χ2v) is 5.83. The molecule has 0 radical (unpaired) electrons. The molecule has 1 saturated carbocycles. The fraction of sp³-hybridized carbons (Fsp3) is 0.333. The van der Waals surface area contributed by atoms with Gasteiger partial charge in [-0.3, -0.25) is 0 Å². The van der Waals surface area contributed by atoms with Gasteiger partial charge in [0.2, 0.25) is 0 Å². The van der Waals surface area contributed by atoms with Crippen LogP contribution in [0, 0.1) is 0 Å². The van der Waals surface area contributed by atoms with Crippen molar-refractivity contribution in [3.05, 3.63) is 59.2 Å². The zero-order chi connectivity index (χ0) is 14.2. The van der Waals surface area contributed by atoms with E-state index in [1.54, 1.807) is 0 Å². The van der Waals surface area contributed by atoms with Crippen molar-refractivity contribution in [2.24, 2.45) is 5.73 Å². The summed E-state index contributed by atoms with van der Waals surface area (Å²) in [6.07, 6.45) is 3.77. The third kappa shape index (κ3) is 2.61. The standard InChI is InChI=1S/C18H19NO2/c19-18(14-3-8-17-13(11-14)9-10-20-17)12-1-4-15(5-2-12)21-16-6-7-16/h1-5,8,11,16,18H,6-7,9-10,19H2. The summed E-state index contributed by atoms with van der Waals surface area (Å²) in [4.78, 5) is 0. The van der Waals surface area contributed by atoms with E-state index in [2.05, 4.69) is 24.3 Å². The van der Waals surface area contributed by atoms with Crippen LogP contribution in [0.4, 0.5) is 0 Å². The predicted molar refractivity (Wildman–Crippen MR) is 81.8 cm³/mol. The molecule has 0 aromatic heterocycles. The van der Waals surface area contributed by atoms with Gasteiger partial charge in [0.05, 0.1) is 18.8 Å². The molecule has 108 valence electrons. The summed E-state index contributed by atoms with van der Waals surface area (Å²) < 4.78 is 11.3. The van der Waals surface area contributed by atoms with Crippen molar-refractivity contribution in [2.75, 3.05) is 6.61 Å². The fourth-order valence-corrected chi connectivity index (χ4v) is 2.72. The van der Waals surface area contributed by atoms with Crippen molar-refractivity contribution in [1.29, 1.82) is 0 Å². The summed E-state index contributed by atoms with van der Waals surface area (Å²) in [7, 11) is 0. The molecule has 2 aromatic rings. The van der Waals surface area contributed by atoms with E-state index in [0.29, 0.717) is 6.10 Å². The quantitative estimate of drug-likeness (QED) is 0.936. The molecule has 1 atom stereocenters. The first-order valence-corrected chi connectivity index (χ1v) is 7.57. The predicted octanol–water partition coefficient (Wildman–Crippen LogP) is 3.21. The minimum atomic E-state index is -0.106. The van der Waals surface area contributed by atoms with Gasteiger partial charge in [-0.2, -0.15) is 0 Å². The van der Waals surface area contributed by atoms with Crippen LogP contribution in [0.15, 0.2) is 42.5 Å². The van der Waals surface area contributed by atoms with Crippen LogP contribution in [0.25, 0.3) is 0 Å². The molecule has 0 spiro atoms. The van der Waals surface area contributed by atoms with Gasteiger partial charge in [-0.25, -0.2) is 0 Å². The molecule has 1 aliphatic carbocycles. The van der Waals surface area contributed by atoms with Gasteiger partial charge in [0.1, 0.15) is 11.5 Å². The lowest BCUT2D eigenvalue weighted by atomic mass is 9.97. The molecule has 0 amide bonds. The molecule has 1 heterocycles. The highest BCUT2D eigenvalue weighted by atomic mass is 16.5. The smallest absolute Gasteiger partial charge is 0.122 e. The van der Waals surface area contributed by atoms with Crippen LogP contribution in [0.5, 0.6) is 11.5 Å². The van der Waals surface area contributed by atoms with Gasteiger partial charge in [0.15, 0.2) is 0 Å². The molecule has 2 aliphatic rings. The van der Waals surface area contributed by atoms with E-state index in [9.17, 15) is 0 Å². The zero-order valence-electron chi connectivity index (χ0n) is 11.9. The summed E-state index contributed by atoms with van der Waals surface area (Å²) in [6.45, 7) is 0.779. The lowest BCUT2D eigenvalue weighted by molar-refractivity contribution is 0.303. The number of hydrogen-bond acceptors (Lipinski definition) is 3. The number of benzene rings is 2. The van der Waals surface area contributed by atoms with Crippen molar-refractivity contribution in [2.45, 2.75) is 31.4 Å². The number of fused-ring (bicyclic) bond motifs is 1. The minimum Gasteiger partial charge on any atom is -0.493 e. The summed E-state index contributed by atoms with van der Waals surface area (Å²) in [5, 5.41) is 0. The van der Waals surface area contributed by atoms with Gasteiger partial charge in [0.25, 0.3) is 0 Å². The maximum absolute atomic E-state index is 6.39. The molecule has 0 bridgehead atoms. The Morgan fingerprint density at radius 1 is 1.05 bits per heavy atom. The lowest BCUT2D eigenvalue weighted by Gasteiger charge is -2.14.